The fourth-order valence-electron chi connectivity index (χ4n) is 2.07. The van der Waals surface area contributed by atoms with Crippen LogP contribution in [0, 0.1) is 6.92 Å². The first-order valence-corrected chi connectivity index (χ1v) is 6.96. The van der Waals surface area contributed by atoms with Gasteiger partial charge < -0.3 is 10.1 Å². The van der Waals surface area contributed by atoms with Gasteiger partial charge in [-0.05, 0) is 42.6 Å². The second-order valence-corrected chi connectivity index (χ2v) is 5.39. The van der Waals surface area contributed by atoms with Crippen molar-refractivity contribution in [2.24, 2.45) is 0 Å². The van der Waals surface area contributed by atoms with Gasteiger partial charge in [0.1, 0.15) is 5.75 Å². The SMILES string of the molecule is CNC(Cc1cccs1)c1ccc(C)c(OC)c1. The Bertz CT molecular complexity index is 493. The molecule has 2 nitrogen and oxygen atoms in total. The molecule has 0 spiro atoms. The van der Waals surface area contributed by atoms with Gasteiger partial charge in [0, 0.05) is 17.3 Å². The molecule has 0 saturated heterocycles. The van der Waals surface area contributed by atoms with Gasteiger partial charge in [-0.15, -0.1) is 11.3 Å². The third-order valence-electron chi connectivity index (χ3n) is 3.17. The van der Waals surface area contributed by atoms with Gasteiger partial charge >= 0.3 is 0 Å². The van der Waals surface area contributed by atoms with E-state index in [1.54, 1.807) is 18.4 Å². The average molecular weight is 261 g/mol. The van der Waals surface area contributed by atoms with E-state index >= 15 is 0 Å². The fraction of sp³-hybridized carbons (Fsp3) is 0.333. The van der Waals surface area contributed by atoms with E-state index in [1.807, 2.05) is 7.05 Å². The normalized spacial score (nSPS) is 12.4. The van der Waals surface area contributed by atoms with Crippen LogP contribution < -0.4 is 10.1 Å². The summed E-state index contributed by atoms with van der Waals surface area (Å²) in [5, 5.41) is 5.50. The standard InChI is InChI=1S/C15H19NOS/c1-11-6-7-12(9-15(11)17-3)14(16-2)10-13-5-4-8-18-13/h4-9,14,16H,10H2,1-3H3. The van der Waals surface area contributed by atoms with Crippen molar-refractivity contribution in [3.8, 4) is 5.75 Å². The summed E-state index contributed by atoms with van der Waals surface area (Å²) in [5.74, 6) is 0.957. The van der Waals surface area contributed by atoms with E-state index in [2.05, 4.69) is 48.0 Å². The van der Waals surface area contributed by atoms with Crippen LogP contribution in [0.25, 0.3) is 0 Å². The molecule has 0 aliphatic carbocycles. The molecular formula is C15H19NOS. The summed E-state index contributed by atoms with van der Waals surface area (Å²) < 4.78 is 5.39. The zero-order valence-corrected chi connectivity index (χ0v) is 11.9. The van der Waals surface area contributed by atoms with Crippen LogP contribution in [-0.2, 0) is 6.42 Å². The Balaban J connectivity index is 2.21. The smallest absolute Gasteiger partial charge is 0.122 e. The van der Waals surface area contributed by atoms with Crippen molar-refractivity contribution in [1.82, 2.24) is 5.32 Å². The van der Waals surface area contributed by atoms with Crippen LogP contribution in [0.2, 0.25) is 0 Å². The number of methoxy groups -OCH3 is 1. The number of aryl methyl sites for hydroxylation is 1. The predicted octanol–water partition coefficient (Wildman–Crippen LogP) is 3.57. The molecule has 0 aliphatic heterocycles. The highest BCUT2D eigenvalue weighted by Crippen LogP contribution is 2.26. The third kappa shape index (κ3) is 2.92. The van der Waals surface area contributed by atoms with Crippen LogP contribution in [0.3, 0.4) is 0 Å². The number of likely N-dealkylation sites (N-methyl/N-ethyl adjacent to an activating group) is 1. The Labute approximate surface area is 113 Å². The Morgan fingerprint density at radius 3 is 2.78 bits per heavy atom. The number of ether oxygens (including phenoxy) is 1. The van der Waals surface area contributed by atoms with Crippen molar-refractivity contribution in [3.63, 3.8) is 0 Å². The van der Waals surface area contributed by atoms with Gasteiger partial charge in [0.15, 0.2) is 0 Å². The minimum absolute atomic E-state index is 0.332. The first kappa shape index (κ1) is 13.1. The first-order chi connectivity index (χ1) is 8.74. The largest absolute Gasteiger partial charge is 0.496 e. The Hall–Kier alpha value is -1.32. The lowest BCUT2D eigenvalue weighted by atomic mass is 10.0. The molecule has 2 rings (SSSR count). The van der Waals surface area contributed by atoms with Crippen molar-refractivity contribution in [2.75, 3.05) is 14.2 Å². The third-order valence-corrected chi connectivity index (χ3v) is 4.07. The van der Waals surface area contributed by atoms with Crippen LogP contribution in [0.15, 0.2) is 35.7 Å². The topological polar surface area (TPSA) is 21.3 Å². The lowest BCUT2D eigenvalue weighted by Gasteiger charge is -2.17. The first-order valence-electron chi connectivity index (χ1n) is 6.08. The van der Waals surface area contributed by atoms with E-state index in [9.17, 15) is 0 Å². The number of nitrogens with one attached hydrogen (secondary N) is 1. The van der Waals surface area contributed by atoms with Crippen molar-refractivity contribution in [2.45, 2.75) is 19.4 Å². The minimum atomic E-state index is 0.332. The molecule has 0 aliphatic rings. The molecule has 0 fully saturated rings. The molecule has 3 heteroatoms. The van der Waals surface area contributed by atoms with Gasteiger partial charge in [0.05, 0.1) is 7.11 Å². The molecule has 0 saturated carbocycles. The fourth-order valence-corrected chi connectivity index (χ4v) is 2.82. The van der Waals surface area contributed by atoms with Gasteiger partial charge in [-0.2, -0.15) is 0 Å². The number of benzene rings is 1. The average Bonchev–Trinajstić information content (AvgIpc) is 2.89. The van der Waals surface area contributed by atoms with E-state index in [1.165, 1.54) is 16.0 Å². The highest BCUT2D eigenvalue weighted by Gasteiger charge is 2.12. The van der Waals surface area contributed by atoms with Gasteiger partial charge in [-0.3, -0.25) is 0 Å². The molecule has 0 amide bonds. The Morgan fingerprint density at radius 2 is 2.17 bits per heavy atom. The van der Waals surface area contributed by atoms with Gasteiger partial charge in [-0.1, -0.05) is 18.2 Å². The minimum Gasteiger partial charge on any atom is -0.496 e. The number of hydrogen-bond donors (Lipinski definition) is 1. The summed E-state index contributed by atoms with van der Waals surface area (Å²) in [4.78, 5) is 1.40. The second-order valence-electron chi connectivity index (χ2n) is 4.35. The van der Waals surface area contributed by atoms with Gasteiger partial charge in [-0.25, -0.2) is 0 Å². The molecule has 1 unspecified atom stereocenters. The van der Waals surface area contributed by atoms with E-state index in [0.717, 1.165) is 12.2 Å². The molecule has 96 valence electrons. The summed E-state index contributed by atoms with van der Waals surface area (Å²) in [6.07, 6.45) is 1.01. The molecule has 1 aromatic carbocycles. The lowest BCUT2D eigenvalue weighted by molar-refractivity contribution is 0.410. The maximum atomic E-state index is 5.39. The van der Waals surface area contributed by atoms with Crippen LogP contribution in [-0.4, -0.2) is 14.2 Å². The molecule has 1 heterocycles. The number of hydrogen-bond acceptors (Lipinski definition) is 3. The molecule has 0 radical (unpaired) electrons. The Morgan fingerprint density at radius 1 is 1.33 bits per heavy atom. The highest BCUT2D eigenvalue weighted by molar-refractivity contribution is 7.09. The molecule has 0 bridgehead atoms. The summed E-state index contributed by atoms with van der Waals surface area (Å²) in [5.41, 5.74) is 2.44. The predicted molar refractivity (Wildman–Crippen MR) is 77.6 cm³/mol. The van der Waals surface area contributed by atoms with Crippen molar-refractivity contribution in [3.05, 3.63) is 51.7 Å². The summed E-state index contributed by atoms with van der Waals surface area (Å²) in [6.45, 7) is 2.07. The van der Waals surface area contributed by atoms with E-state index < -0.39 is 0 Å². The van der Waals surface area contributed by atoms with Crippen LogP contribution in [0.1, 0.15) is 22.0 Å². The van der Waals surface area contributed by atoms with Crippen molar-refractivity contribution < 1.29 is 4.74 Å². The monoisotopic (exact) mass is 261 g/mol. The Kier molecular flexibility index (Phi) is 4.39. The summed E-state index contributed by atoms with van der Waals surface area (Å²) >= 11 is 1.80. The molecule has 18 heavy (non-hydrogen) atoms. The zero-order valence-electron chi connectivity index (χ0n) is 11.1. The molecule has 1 aromatic heterocycles. The van der Waals surface area contributed by atoms with Crippen molar-refractivity contribution in [1.29, 1.82) is 0 Å². The van der Waals surface area contributed by atoms with E-state index in [4.69, 9.17) is 4.74 Å². The van der Waals surface area contributed by atoms with Crippen LogP contribution in [0.4, 0.5) is 0 Å². The maximum absolute atomic E-state index is 5.39. The zero-order chi connectivity index (χ0) is 13.0. The van der Waals surface area contributed by atoms with Gasteiger partial charge in [0.25, 0.3) is 0 Å². The summed E-state index contributed by atoms with van der Waals surface area (Å²) in [6, 6.07) is 11.0. The summed E-state index contributed by atoms with van der Waals surface area (Å²) in [7, 11) is 3.73. The lowest BCUT2D eigenvalue weighted by Crippen LogP contribution is -2.18. The second kappa shape index (κ2) is 6.03. The number of rotatable bonds is 5. The number of thiophene rings is 1. The molecular weight excluding hydrogens is 242 g/mol. The maximum Gasteiger partial charge on any atom is 0.122 e. The van der Waals surface area contributed by atoms with Crippen LogP contribution >= 0.6 is 11.3 Å². The molecule has 2 aromatic rings. The molecule has 1 atom stereocenters. The van der Waals surface area contributed by atoms with E-state index in [-0.39, 0.29) is 0 Å². The van der Waals surface area contributed by atoms with Crippen LogP contribution in [0.5, 0.6) is 5.75 Å². The highest BCUT2D eigenvalue weighted by atomic mass is 32.1. The van der Waals surface area contributed by atoms with Gasteiger partial charge in [0.2, 0.25) is 0 Å². The quantitative estimate of drug-likeness (QED) is 0.888. The van der Waals surface area contributed by atoms with E-state index in [0.29, 0.717) is 6.04 Å². The van der Waals surface area contributed by atoms with Crippen molar-refractivity contribution >= 4 is 11.3 Å². The molecule has 1 N–H and O–H groups in total.